The molecule has 6 heteroatoms. The van der Waals surface area contributed by atoms with Gasteiger partial charge in [0.25, 0.3) is 5.91 Å². The molecule has 0 saturated carbocycles. The lowest BCUT2D eigenvalue weighted by Crippen LogP contribution is -2.52. The Morgan fingerprint density at radius 2 is 1.80 bits per heavy atom. The van der Waals surface area contributed by atoms with E-state index >= 15 is 0 Å². The van der Waals surface area contributed by atoms with Crippen LogP contribution in [0.5, 0.6) is 5.75 Å². The van der Waals surface area contributed by atoms with Gasteiger partial charge in [0.1, 0.15) is 5.75 Å². The van der Waals surface area contributed by atoms with E-state index in [4.69, 9.17) is 4.74 Å². The zero-order valence-electron chi connectivity index (χ0n) is 17.7. The Morgan fingerprint density at radius 3 is 2.60 bits per heavy atom. The van der Waals surface area contributed by atoms with E-state index in [-0.39, 0.29) is 18.4 Å². The van der Waals surface area contributed by atoms with Crippen LogP contribution < -0.4 is 15.0 Å². The number of nitrogens with one attached hydrogen (secondary N) is 1. The van der Waals surface area contributed by atoms with E-state index in [2.05, 4.69) is 5.32 Å². The molecule has 1 saturated heterocycles. The van der Waals surface area contributed by atoms with Crippen molar-refractivity contribution in [3.8, 4) is 5.75 Å². The monoisotopic (exact) mass is 407 g/mol. The largest absolute Gasteiger partial charge is 0.477 e. The number of nitrogens with zero attached hydrogens (tertiary/aromatic N) is 2. The Morgan fingerprint density at radius 1 is 1.03 bits per heavy atom. The van der Waals surface area contributed by atoms with Gasteiger partial charge in [-0.3, -0.25) is 9.59 Å². The number of anilines is 2. The molecule has 1 fully saturated rings. The van der Waals surface area contributed by atoms with Crippen LogP contribution in [0.4, 0.5) is 11.4 Å². The lowest BCUT2D eigenvalue weighted by Gasteiger charge is -2.38. The number of rotatable bonds is 4. The summed E-state index contributed by atoms with van der Waals surface area (Å²) in [6.45, 7) is 6.13. The number of hydrogen-bond acceptors (Lipinski definition) is 4. The fourth-order valence-corrected chi connectivity index (χ4v) is 4.15. The summed E-state index contributed by atoms with van der Waals surface area (Å²) < 4.78 is 6.05. The van der Waals surface area contributed by atoms with Gasteiger partial charge >= 0.3 is 0 Å². The van der Waals surface area contributed by atoms with Crippen LogP contribution in [0, 0.1) is 13.8 Å². The Kier molecular flexibility index (Phi) is 5.93. The van der Waals surface area contributed by atoms with Crippen LogP contribution in [0.3, 0.4) is 0 Å². The lowest BCUT2D eigenvalue weighted by molar-refractivity contribution is -0.139. The second kappa shape index (κ2) is 8.78. The SMILES string of the molecule is Cc1cccc(NC(=O)CN2C[C@@H](C(=O)N3CCCCC3)Oc3ccccc32)c1C. The first-order valence-electron chi connectivity index (χ1n) is 10.7. The summed E-state index contributed by atoms with van der Waals surface area (Å²) in [6.07, 6.45) is 2.66. The molecule has 0 aromatic heterocycles. The molecule has 4 rings (SSSR count). The van der Waals surface area contributed by atoms with Crippen LogP contribution in [-0.2, 0) is 9.59 Å². The number of fused-ring (bicyclic) bond motifs is 1. The first-order chi connectivity index (χ1) is 14.5. The van der Waals surface area contributed by atoms with Crippen molar-refractivity contribution in [1.29, 1.82) is 0 Å². The van der Waals surface area contributed by atoms with Crippen LogP contribution in [0.25, 0.3) is 0 Å². The molecular formula is C24H29N3O3. The van der Waals surface area contributed by atoms with Crippen molar-refractivity contribution in [3.05, 3.63) is 53.6 Å². The summed E-state index contributed by atoms with van der Waals surface area (Å²) in [5.41, 5.74) is 3.86. The van der Waals surface area contributed by atoms with Crippen molar-refractivity contribution in [1.82, 2.24) is 4.90 Å². The molecule has 2 aromatic carbocycles. The van der Waals surface area contributed by atoms with E-state index in [9.17, 15) is 9.59 Å². The Hall–Kier alpha value is -3.02. The van der Waals surface area contributed by atoms with Gasteiger partial charge in [0.05, 0.1) is 18.8 Å². The summed E-state index contributed by atoms with van der Waals surface area (Å²) in [4.78, 5) is 29.7. The molecular weight excluding hydrogens is 378 g/mol. The fraction of sp³-hybridized carbons (Fsp3) is 0.417. The van der Waals surface area contributed by atoms with Crippen LogP contribution in [-0.4, -0.2) is 49.0 Å². The minimum absolute atomic E-state index is 0.0177. The molecule has 0 spiro atoms. The highest BCUT2D eigenvalue weighted by Gasteiger charge is 2.34. The number of para-hydroxylation sites is 2. The molecule has 2 aliphatic rings. The van der Waals surface area contributed by atoms with Crippen molar-refractivity contribution in [3.63, 3.8) is 0 Å². The average molecular weight is 408 g/mol. The van der Waals surface area contributed by atoms with Crippen molar-refractivity contribution in [2.75, 3.05) is 36.4 Å². The third-order valence-corrected chi connectivity index (χ3v) is 6.02. The number of carbonyl (C=O) groups is 2. The summed E-state index contributed by atoms with van der Waals surface area (Å²) >= 11 is 0. The van der Waals surface area contributed by atoms with Gasteiger partial charge in [0, 0.05) is 18.8 Å². The summed E-state index contributed by atoms with van der Waals surface area (Å²) in [5.74, 6) is 0.562. The molecule has 2 amide bonds. The molecule has 6 nitrogen and oxygen atoms in total. The van der Waals surface area contributed by atoms with Crippen LogP contribution >= 0.6 is 0 Å². The van der Waals surface area contributed by atoms with Crippen LogP contribution in [0.15, 0.2) is 42.5 Å². The van der Waals surface area contributed by atoms with E-state index in [0.717, 1.165) is 48.4 Å². The van der Waals surface area contributed by atoms with Gasteiger partial charge in [-0.15, -0.1) is 0 Å². The van der Waals surface area contributed by atoms with Crippen molar-refractivity contribution < 1.29 is 14.3 Å². The molecule has 0 aliphatic carbocycles. The first-order valence-corrected chi connectivity index (χ1v) is 10.7. The predicted octanol–water partition coefficient (Wildman–Crippen LogP) is 3.52. The highest BCUT2D eigenvalue weighted by Crippen LogP contribution is 2.33. The van der Waals surface area contributed by atoms with Crippen LogP contribution in [0.2, 0.25) is 0 Å². The van der Waals surface area contributed by atoms with Crippen molar-refractivity contribution in [2.24, 2.45) is 0 Å². The van der Waals surface area contributed by atoms with Gasteiger partial charge in [0.2, 0.25) is 5.91 Å². The highest BCUT2D eigenvalue weighted by molar-refractivity contribution is 5.95. The summed E-state index contributed by atoms with van der Waals surface area (Å²) in [7, 11) is 0. The number of benzene rings is 2. The number of ether oxygens (including phenoxy) is 1. The Labute approximate surface area is 177 Å². The first kappa shape index (κ1) is 20.3. The minimum Gasteiger partial charge on any atom is -0.477 e. The number of hydrogen-bond donors (Lipinski definition) is 1. The van der Waals surface area contributed by atoms with Gasteiger partial charge in [0.15, 0.2) is 6.10 Å². The Balaban J connectivity index is 1.50. The standard InChI is InChI=1S/C24H29N3O3/c1-17-9-8-10-19(18(17)2)25-23(28)16-27-15-22(24(29)26-13-6-3-7-14-26)30-21-12-5-4-11-20(21)27/h4-5,8-12,22H,3,6-7,13-16H2,1-2H3,(H,25,28)/t22-/m0/s1. The minimum atomic E-state index is -0.591. The lowest BCUT2D eigenvalue weighted by atomic mass is 10.1. The van der Waals surface area contributed by atoms with E-state index in [1.165, 1.54) is 6.42 Å². The molecule has 0 radical (unpaired) electrons. The second-order valence-corrected chi connectivity index (χ2v) is 8.14. The number of aryl methyl sites for hydroxylation is 1. The molecule has 0 unspecified atom stereocenters. The van der Waals surface area contributed by atoms with E-state index in [0.29, 0.717) is 12.3 Å². The predicted molar refractivity (Wildman–Crippen MR) is 118 cm³/mol. The maximum Gasteiger partial charge on any atom is 0.265 e. The van der Waals surface area contributed by atoms with Gasteiger partial charge in [-0.2, -0.15) is 0 Å². The second-order valence-electron chi connectivity index (χ2n) is 8.14. The smallest absolute Gasteiger partial charge is 0.265 e. The van der Waals surface area contributed by atoms with E-state index in [1.54, 1.807) is 0 Å². The van der Waals surface area contributed by atoms with Crippen molar-refractivity contribution in [2.45, 2.75) is 39.2 Å². The normalized spacial score (nSPS) is 18.4. The highest BCUT2D eigenvalue weighted by atomic mass is 16.5. The molecule has 1 N–H and O–H groups in total. The van der Waals surface area contributed by atoms with E-state index < -0.39 is 6.10 Å². The molecule has 158 valence electrons. The third kappa shape index (κ3) is 4.27. The van der Waals surface area contributed by atoms with Gasteiger partial charge in [-0.05, 0) is 62.4 Å². The van der Waals surface area contributed by atoms with Gasteiger partial charge in [-0.1, -0.05) is 24.3 Å². The van der Waals surface area contributed by atoms with Gasteiger partial charge in [-0.25, -0.2) is 0 Å². The third-order valence-electron chi connectivity index (χ3n) is 6.02. The maximum absolute atomic E-state index is 13.0. The van der Waals surface area contributed by atoms with Crippen molar-refractivity contribution >= 4 is 23.2 Å². The zero-order chi connectivity index (χ0) is 21.1. The number of carbonyl (C=O) groups excluding carboxylic acids is 2. The fourth-order valence-electron chi connectivity index (χ4n) is 4.15. The summed E-state index contributed by atoms with van der Waals surface area (Å²) in [6, 6.07) is 13.5. The molecule has 0 bridgehead atoms. The van der Waals surface area contributed by atoms with Gasteiger partial charge < -0.3 is 19.9 Å². The molecule has 2 heterocycles. The summed E-state index contributed by atoms with van der Waals surface area (Å²) in [5, 5.41) is 3.02. The number of amides is 2. The topological polar surface area (TPSA) is 61.9 Å². The zero-order valence-corrected chi connectivity index (χ0v) is 17.7. The Bertz CT molecular complexity index is 937. The van der Waals surface area contributed by atoms with Crippen LogP contribution in [0.1, 0.15) is 30.4 Å². The van der Waals surface area contributed by atoms with E-state index in [1.807, 2.05) is 66.1 Å². The molecule has 30 heavy (non-hydrogen) atoms. The molecule has 2 aliphatic heterocycles. The molecule has 2 aromatic rings. The quantitative estimate of drug-likeness (QED) is 0.842. The number of likely N-dealkylation sites (tertiary alicyclic amines) is 1. The average Bonchev–Trinajstić information content (AvgIpc) is 2.77. The number of piperidine rings is 1. The maximum atomic E-state index is 13.0. The molecule has 1 atom stereocenters.